The second-order valence-electron chi connectivity index (χ2n) is 5.41. The quantitative estimate of drug-likeness (QED) is 0.643. The average molecular weight is 333 g/mol. The van der Waals surface area contributed by atoms with E-state index in [1.54, 1.807) is 0 Å². The van der Waals surface area contributed by atoms with Gasteiger partial charge in [0.25, 0.3) is 0 Å². The van der Waals surface area contributed by atoms with Crippen LogP contribution in [0.3, 0.4) is 0 Å². The van der Waals surface area contributed by atoms with Crippen molar-refractivity contribution < 1.29 is 18.3 Å². The van der Waals surface area contributed by atoms with E-state index in [4.69, 9.17) is 5.11 Å². The lowest BCUT2D eigenvalue weighted by atomic mass is 10.0. The maximum atomic E-state index is 12.0. The summed E-state index contributed by atoms with van der Waals surface area (Å²) in [6.45, 7) is 4.73. The summed E-state index contributed by atoms with van der Waals surface area (Å²) in [5, 5.41) is 10.4. The molecule has 0 aromatic carbocycles. The summed E-state index contributed by atoms with van der Waals surface area (Å²) in [6, 6.07) is 1.33. The van der Waals surface area contributed by atoms with E-state index in [0.29, 0.717) is 12.5 Å². The molecule has 5 nitrogen and oxygen atoms in total. The van der Waals surface area contributed by atoms with Crippen LogP contribution in [0.15, 0.2) is 16.3 Å². The number of aromatic carboxylic acids is 1. The summed E-state index contributed by atoms with van der Waals surface area (Å²) in [5.74, 6) is -0.504. The van der Waals surface area contributed by atoms with Crippen LogP contribution < -0.4 is 4.72 Å². The summed E-state index contributed by atoms with van der Waals surface area (Å²) >= 11 is 0.919. The Morgan fingerprint density at radius 2 is 1.95 bits per heavy atom. The van der Waals surface area contributed by atoms with Gasteiger partial charge in [-0.15, -0.1) is 11.3 Å². The minimum Gasteiger partial charge on any atom is -0.477 e. The zero-order chi connectivity index (χ0) is 15.9. The van der Waals surface area contributed by atoms with E-state index in [2.05, 4.69) is 18.6 Å². The van der Waals surface area contributed by atoms with E-state index in [1.165, 1.54) is 17.9 Å². The van der Waals surface area contributed by atoms with Crippen molar-refractivity contribution in [3.05, 3.63) is 16.3 Å². The van der Waals surface area contributed by atoms with Gasteiger partial charge in [0.1, 0.15) is 9.77 Å². The highest BCUT2D eigenvalue weighted by Gasteiger charge is 2.23. The number of carbonyl (C=O) groups is 1. The molecule has 0 bridgehead atoms. The van der Waals surface area contributed by atoms with Crippen LogP contribution in [0.2, 0.25) is 0 Å². The first-order chi connectivity index (χ1) is 9.84. The monoisotopic (exact) mass is 333 g/mol. The van der Waals surface area contributed by atoms with Crippen molar-refractivity contribution in [3.8, 4) is 0 Å². The van der Waals surface area contributed by atoms with Gasteiger partial charge in [0, 0.05) is 6.54 Å². The van der Waals surface area contributed by atoms with Crippen molar-refractivity contribution in [1.82, 2.24) is 4.72 Å². The molecular formula is C14H23NO4S2. The van der Waals surface area contributed by atoms with Crippen molar-refractivity contribution >= 4 is 27.3 Å². The van der Waals surface area contributed by atoms with Crippen molar-refractivity contribution in [3.63, 3.8) is 0 Å². The lowest BCUT2D eigenvalue weighted by molar-refractivity contribution is 0.0698. The normalized spacial score (nSPS) is 12.0. The SMILES string of the molecule is CC(C)CCCCCCNS(=O)(=O)c1ccsc1C(=O)O. The lowest BCUT2D eigenvalue weighted by Gasteiger charge is -2.07. The van der Waals surface area contributed by atoms with Gasteiger partial charge in [-0.3, -0.25) is 0 Å². The molecule has 0 spiro atoms. The molecule has 1 aromatic rings. The van der Waals surface area contributed by atoms with E-state index in [1.807, 2.05) is 0 Å². The molecular weight excluding hydrogens is 310 g/mol. The fourth-order valence-corrected chi connectivity index (χ4v) is 4.31. The third-order valence-electron chi connectivity index (χ3n) is 3.11. The second kappa shape index (κ2) is 8.51. The zero-order valence-electron chi connectivity index (χ0n) is 12.5. The van der Waals surface area contributed by atoms with E-state index in [-0.39, 0.29) is 9.77 Å². The van der Waals surface area contributed by atoms with Gasteiger partial charge in [-0.1, -0.05) is 39.5 Å². The summed E-state index contributed by atoms with van der Waals surface area (Å²) in [4.78, 5) is 10.7. The largest absolute Gasteiger partial charge is 0.477 e. The average Bonchev–Trinajstić information content (AvgIpc) is 2.87. The van der Waals surface area contributed by atoms with Crippen molar-refractivity contribution in [1.29, 1.82) is 0 Å². The van der Waals surface area contributed by atoms with Gasteiger partial charge in [0.2, 0.25) is 10.0 Å². The summed E-state index contributed by atoms with van der Waals surface area (Å²) in [6.07, 6.45) is 5.20. The standard InChI is InChI=1S/C14H23NO4S2/c1-11(2)7-5-3-4-6-9-15-21(18,19)12-8-10-20-13(12)14(16)17/h8,10-11,15H,3-7,9H2,1-2H3,(H,16,17). The Balaban J connectivity index is 2.37. The van der Waals surface area contributed by atoms with Gasteiger partial charge in [-0.2, -0.15) is 0 Å². The molecule has 120 valence electrons. The first-order valence-corrected chi connectivity index (χ1v) is 9.51. The van der Waals surface area contributed by atoms with E-state index in [0.717, 1.165) is 37.0 Å². The molecule has 1 rings (SSSR count). The fourth-order valence-electron chi connectivity index (χ4n) is 1.98. The minimum atomic E-state index is -3.72. The number of carboxylic acid groups (broad SMARTS) is 1. The number of unbranched alkanes of at least 4 members (excludes halogenated alkanes) is 3. The zero-order valence-corrected chi connectivity index (χ0v) is 14.1. The topological polar surface area (TPSA) is 83.5 Å². The van der Waals surface area contributed by atoms with Gasteiger partial charge in [0.05, 0.1) is 0 Å². The Labute approximate surface area is 130 Å². The van der Waals surface area contributed by atoms with Gasteiger partial charge < -0.3 is 5.11 Å². The molecule has 0 atom stereocenters. The summed E-state index contributed by atoms with van der Waals surface area (Å²) in [5.41, 5.74) is 0. The first kappa shape index (κ1) is 18.1. The Morgan fingerprint density at radius 3 is 2.57 bits per heavy atom. The lowest BCUT2D eigenvalue weighted by Crippen LogP contribution is -2.25. The molecule has 0 radical (unpaired) electrons. The Morgan fingerprint density at radius 1 is 1.29 bits per heavy atom. The Hall–Kier alpha value is -0.920. The molecule has 0 saturated carbocycles. The van der Waals surface area contributed by atoms with Crippen molar-refractivity contribution in [2.24, 2.45) is 5.92 Å². The molecule has 7 heteroatoms. The van der Waals surface area contributed by atoms with Gasteiger partial charge >= 0.3 is 5.97 Å². The highest BCUT2D eigenvalue weighted by atomic mass is 32.2. The van der Waals surface area contributed by atoms with Gasteiger partial charge in [-0.25, -0.2) is 17.9 Å². The Bertz CT molecular complexity index is 549. The van der Waals surface area contributed by atoms with Crippen LogP contribution in [-0.4, -0.2) is 26.0 Å². The highest BCUT2D eigenvalue weighted by molar-refractivity contribution is 7.89. The number of sulfonamides is 1. The second-order valence-corrected chi connectivity index (χ2v) is 8.07. The predicted octanol–water partition coefficient (Wildman–Crippen LogP) is 3.33. The molecule has 0 unspecified atom stereocenters. The van der Waals surface area contributed by atoms with Crippen LogP contribution in [0.1, 0.15) is 55.6 Å². The number of hydrogen-bond acceptors (Lipinski definition) is 4. The minimum absolute atomic E-state index is 0.139. The summed E-state index contributed by atoms with van der Waals surface area (Å²) < 4.78 is 26.5. The molecule has 1 aromatic heterocycles. The van der Waals surface area contributed by atoms with Crippen LogP contribution in [-0.2, 0) is 10.0 Å². The third kappa shape index (κ3) is 6.15. The highest BCUT2D eigenvalue weighted by Crippen LogP contribution is 2.21. The maximum absolute atomic E-state index is 12.0. The van der Waals surface area contributed by atoms with Gasteiger partial charge in [-0.05, 0) is 23.8 Å². The van der Waals surface area contributed by atoms with Crippen LogP contribution >= 0.6 is 11.3 Å². The molecule has 0 aliphatic rings. The maximum Gasteiger partial charge on any atom is 0.347 e. The number of rotatable bonds is 10. The van der Waals surface area contributed by atoms with Crippen molar-refractivity contribution in [2.45, 2.75) is 50.8 Å². The fraction of sp³-hybridized carbons (Fsp3) is 0.643. The van der Waals surface area contributed by atoms with E-state index >= 15 is 0 Å². The smallest absolute Gasteiger partial charge is 0.347 e. The van der Waals surface area contributed by atoms with Crippen molar-refractivity contribution in [2.75, 3.05) is 6.54 Å². The molecule has 21 heavy (non-hydrogen) atoms. The van der Waals surface area contributed by atoms with Crippen LogP contribution in [0.25, 0.3) is 0 Å². The van der Waals surface area contributed by atoms with E-state index < -0.39 is 16.0 Å². The number of thiophene rings is 1. The first-order valence-electron chi connectivity index (χ1n) is 7.15. The summed E-state index contributed by atoms with van der Waals surface area (Å²) in [7, 11) is -3.72. The molecule has 1 heterocycles. The molecule has 0 saturated heterocycles. The van der Waals surface area contributed by atoms with Crippen LogP contribution in [0, 0.1) is 5.92 Å². The predicted molar refractivity (Wildman–Crippen MR) is 84.4 cm³/mol. The number of carboxylic acids is 1. The van der Waals surface area contributed by atoms with Crippen LogP contribution in [0.4, 0.5) is 0 Å². The number of hydrogen-bond donors (Lipinski definition) is 2. The van der Waals surface area contributed by atoms with E-state index in [9.17, 15) is 13.2 Å². The van der Waals surface area contributed by atoms with Gasteiger partial charge in [0.15, 0.2) is 0 Å². The molecule has 0 fully saturated rings. The molecule has 0 amide bonds. The Kier molecular flexibility index (Phi) is 7.34. The van der Waals surface area contributed by atoms with Crippen LogP contribution in [0.5, 0.6) is 0 Å². The molecule has 0 aliphatic carbocycles. The molecule has 0 aliphatic heterocycles. The number of nitrogens with one attached hydrogen (secondary N) is 1. The molecule has 2 N–H and O–H groups in total. The third-order valence-corrected chi connectivity index (χ3v) is 5.65.